The average Bonchev–Trinajstić information content (AvgIpc) is 3.19. The molecular weight excluding hydrogens is 288 g/mol. The Morgan fingerprint density at radius 1 is 1.41 bits per heavy atom. The monoisotopic (exact) mass is 310 g/mol. The highest BCUT2D eigenvalue weighted by atomic mass is 16.5. The number of carbonyl (C=O) groups excluding carboxylic acids is 1. The number of carboxylic acid groups (broad SMARTS) is 1. The maximum absolute atomic E-state index is 11.9. The van der Waals surface area contributed by atoms with Crippen LogP contribution in [0.2, 0.25) is 0 Å². The standard InChI is InChI=1S/C14H22N4O4/c1-8(2)11(13-17-12(18-22-13)9-5-6-9)16-14(21)15-7-3-4-10(19)20/h8-9,11H,3-7H2,1-2H3,(H,19,20)(H2,15,16,21). The molecule has 0 radical (unpaired) electrons. The lowest BCUT2D eigenvalue weighted by Gasteiger charge is -2.18. The van der Waals surface area contributed by atoms with E-state index in [4.69, 9.17) is 9.63 Å². The fourth-order valence-corrected chi connectivity index (χ4v) is 2.03. The fourth-order valence-electron chi connectivity index (χ4n) is 2.03. The van der Waals surface area contributed by atoms with Gasteiger partial charge in [-0.15, -0.1) is 0 Å². The van der Waals surface area contributed by atoms with Crippen molar-refractivity contribution in [3.63, 3.8) is 0 Å². The highest BCUT2D eigenvalue weighted by molar-refractivity contribution is 5.74. The van der Waals surface area contributed by atoms with Crippen LogP contribution in [0.15, 0.2) is 4.52 Å². The molecule has 8 nitrogen and oxygen atoms in total. The summed E-state index contributed by atoms with van der Waals surface area (Å²) < 4.78 is 5.27. The van der Waals surface area contributed by atoms with E-state index in [2.05, 4.69) is 20.8 Å². The molecule has 3 N–H and O–H groups in total. The van der Waals surface area contributed by atoms with Crippen molar-refractivity contribution in [2.24, 2.45) is 5.92 Å². The number of aromatic nitrogens is 2. The van der Waals surface area contributed by atoms with E-state index < -0.39 is 5.97 Å². The largest absolute Gasteiger partial charge is 0.481 e. The summed E-state index contributed by atoms with van der Waals surface area (Å²) in [7, 11) is 0. The van der Waals surface area contributed by atoms with E-state index in [-0.39, 0.29) is 24.4 Å². The zero-order chi connectivity index (χ0) is 16.1. The van der Waals surface area contributed by atoms with Gasteiger partial charge in [-0.3, -0.25) is 4.79 Å². The first-order valence-corrected chi connectivity index (χ1v) is 7.57. The number of amides is 2. The quantitative estimate of drug-likeness (QED) is 0.630. The lowest BCUT2D eigenvalue weighted by atomic mass is 10.0. The molecule has 122 valence electrons. The number of nitrogens with one attached hydrogen (secondary N) is 2. The van der Waals surface area contributed by atoms with Crippen LogP contribution in [0.25, 0.3) is 0 Å². The third kappa shape index (κ3) is 4.71. The van der Waals surface area contributed by atoms with Crippen LogP contribution < -0.4 is 10.6 Å². The minimum Gasteiger partial charge on any atom is -0.481 e. The molecule has 2 amide bonds. The van der Waals surface area contributed by atoms with E-state index in [0.717, 1.165) is 12.8 Å². The van der Waals surface area contributed by atoms with Crippen LogP contribution in [0.3, 0.4) is 0 Å². The summed E-state index contributed by atoms with van der Waals surface area (Å²) in [6.07, 6.45) is 2.59. The summed E-state index contributed by atoms with van der Waals surface area (Å²) >= 11 is 0. The maximum atomic E-state index is 11.9. The predicted octanol–water partition coefficient (Wildman–Crippen LogP) is 1.81. The van der Waals surface area contributed by atoms with E-state index >= 15 is 0 Å². The van der Waals surface area contributed by atoms with Crippen LogP contribution in [0, 0.1) is 5.92 Å². The molecule has 1 saturated carbocycles. The third-order valence-corrected chi connectivity index (χ3v) is 3.47. The number of nitrogens with zero attached hydrogens (tertiary/aromatic N) is 2. The van der Waals surface area contributed by atoms with Crippen molar-refractivity contribution >= 4 is 12.0 Å². The SMILES string of the molecule is CC(C)C(NC(=O)NCCCC(=O)O)c1nc(C2CC2)no1. The van der Waals surface area contributed by atoms with Crippen molar-refractivity contribution in [2.75, 3.05) is 6.54 Å². The first-order chi connectivity index (χ1) is 10.5. The van der Waals surface area contributed by atoms with Crippen LogP contribution >= 0.6 is 0 Å². The van der Waals surface area contributed by atoms with Gasteiger partial charge in [0.15, 0.2) is 5.82 Å². The minimum absolute atomic E-state index is 0.0301. The summed E-state index contributed by atoms with van der Waals surface area (Å²) in [4.78, 5) is 26.6. The Morgan fingerprint density at radius 2 is 2.14 bits per heavy atom. The Hall–Kier alpha value is -2.12. The molecule has 22 heavy (non-hydrogen) atoms. The van der Waals surface area contributed by atoms with Gasteiger partial charge in [0.2, 0.25) is 5.89 Å². The molecule has 0 saturated heterocycles. The molecule has 0 spiro atoms. The molecule has 1 atom stereocenters. The van der Waals surface area contributed by atoms with E-state index in [9.17, 15) is 9.59 Å². The smallest absolute Gasteiger partial charge is 0.315 e. The van der Waals surface area contributed by atoms with Crippen LogP contribution in [0.4, 0.5) is 4.79 Å². The van der Waals surface area contributed by atoms with Gasteiger partial charge in [0, 0.05) is 18.9 Å². The van der Waals surface area contributed by atoms with Crippen molar-refractivity contribution in [3.05, 3.63) is 11.7 Å². The zero-order valence-electron chi connectivity index (χ0n) is 12.8. The fraction of sp³-hybridized carbons (Fsp3) is 0.714. The van der Waals surface area contributed by atoms with Crippen LogP contribution in [0.1, 0.15) is 63.2 Å². The number of carbonyl (C=O) groups is 2. The molecule has 1 aromatic rings. The van der Waals surface area contributed by atoms with Crippen LogP contribution in [0.5, 0.6) is 0 Å². The van der Waals surface area contributed by atoms with Crippen molar-refractivity contribution < 1.29 is 19.2 Å². The molecule has 1 fully saturated rings. The Labute approximate surface area is 128 Å². The molecule has 1 unspecified atom stereocenters. The van der Waals surface area contributed by atoms with Crippen molar-refractivity contribution in [1.29, 1.82) is 0 Å². The van der Waals surface area contributed by atoms with Gasteiger partial charge >= 0.3 is 12.0 Å². The first kappa shape index (κ1) is 16.3. The molecule has 0 bridgehead atoms. The number of hydrogen-bond donors (Lipinski definition) is 3. The third-order valence-electron chi connectivity index (χ3n) is 3.47. The van der Waals surface area contributed by atoms with Gasteiger partial charge in [0.25, 0.3) is 0 Å². The predicted molar refractivity (Wildman–Crippen MR) is 77.3 cm³/mol. The lowest BCUT2D eigenvalue weighted by Crippen LogP contribution is -2.40. The molecule has 1 aliphatic carbocycles. The molecular formula is C14H22N4O4. The van der Waals surface area contributed by atoms with E-state index in [0.29, 0.717) is 30.6 Å². The second-order valence-electron chi connectivity index (χ2n) is 5.88. The molecule has 1 heterocycles. The topological polar surface area (TPSA) is 117 Å². The molecule has 1 aromatic heterocycles. The average molecular weight is 310 g/mol. The van der Waals surface area contributed by atoms with E-state index in [1.54, 1.807) is 0 Å². The molecule has 1 aliphatic rings. The van der Waals surface area contributed by atoms with Crippen LogP contribution in [-0.4, -0.2) is 33.8 Å². The number of rotatable bonds is 8. The van der Waals surface area contributed by atoms with Crippen LogP contribution in [-0.2, 0) is 4.79 Å². The van der Waals surface area contributed by atoms with E-state index in [1.165, 1.54) is 0 Å². The summed E-state index contributed by atoms with van der Waals surface area (Å²) in [5.41, 5.74) is 0. The number of aliphatic carboxylic acids is 1. The Balaban J connectivity index is 1.84. The second-order valence-corrected chi connectivity index (χ2v) is 5.88. The summed E-state index contributed by atoms with van der Waals surface area (Å²) in [6, 6.07) is -0.727. The maximum Gasteiger partial charge on any atom is 0.315 e. The van der Waals surface area contributed by atoms with Crippen molar-refractivity contribution in [2.45, 2.75) is 51.5 Å². The highest BCUT2D eigenvalue weighted by Crippen LogP contribution is 2.38. The second kappa shape index (κ2) is 7.24. The van der Waals surface area contributed by atoms with Gasteiger partial charge in [-0.25, -0.2) is 4.79 Å². The Morgan fingerprint density at radius 3 is 2.73 bits per heavy atom. The zero-order valence-corrected chi connectivity index (χ0v) is 12.8. The van der Waals surface area contributed by atoms with Gasteiger partial charge in [0.05, 0.1) is 0 Å². The molecule has 8 heteroatoms. The number of carboxylic acids is 1. The van der Waals surface area contributed by atoms with Gasteiger partial charge in [-0.1, -0.05) is 19.0 Å². The van der Waals surface area contributed by atoms with Gasteiger partial charge in [0.1, 0.15) is 6.04 Å². The summed E-state index contributed by atoms with van der Waals surface area (Å²) in [5, 5.41) is 17.9. The normalized spacial score (nSPS) is 15.6. The van der Waals surface area contributed by atoms with Gasteiger partial charge in [-0.05, 0) is 25.2 Å². The Kier molecular flexibility index (Phi) is 5.35. The number of urea groups is 1. The number of hydrogen-bond acceptors (Lipinski definition) is 5. The first-order valence-electron chi connectivity index (χ1n) is 7.57. The Bertz CT molecular complexity index is 525. The minimum atomic E-state index is -0.874. The summed E-state index contributed by atoms with van der Waals surface area (Å²) in [5.74, 6) is 0.745. The highest BCUT2D eigenvalue weighted by Gasteiger charge is 2.31. The van der Waals surface area contributed by atoms with Crippen molar-refractivity contribution in [3.8, 4) is 0 Å². The summed E-state index contributed by atoms with van der Waals surface area (Å²) in [6.45, 7) is 4.22. The van der Waals surface area contributed by atoms with Gasteiger partial charge < -0.3 is 20.3 Å². The van der Waals surface area contributed by atoms with Gasteiger partial charge in [-0.2, -0.15) is 4.98 Å². The van der Waals surface area contributed by atoms with E-state index in [1.807, 2.05) is 13.8 Å². The molecule has 2 rings (SSSR count). The van der Waals surface area contributed by atoms with Crippen molar-refractivity contribution in [1.82, 2.24) is 20.8 Å². The lowest BCUT2D eigenvalue weighted by molar-refractivity contribution is -0.137. The molecule has 0 aliphatic heterocycles. The molecule has 0 aromatic carbocycles.